The van der Waals surface area contributed by atoms with Crippen LogP contribution >= 0.6 is 27.3 Å². The number of hydrogen-bond donors (Lipinski definition) is 2. The van der Waals surface area contributed by atoms with Crippen LogP contribution in [0.25, 0.3) is 10.9 Å². The molecule has 0 spiro atoms. The fraction of sp³-hybridized carbons (Fsp3) is 0.429. The number of morpholine rings is 1. The Balaban J connectivity index is 1.49. The van der Waals surface area contributed by atoms with Crippen molar-refractivity contribution in [1.82, 2.24) is 14.9 Å². The Morgan fingerprint density at radius 1 is 1.21 bits per heavy atom. The molecule has 0 amide bonds. The van der Waals surface area contributed by atoms with Crippen LogP contribution in [-0.2, 0) is 4.74 Å². The maximum Gasteiger partial charge on any atom is 0.138 e. The van der Waals surface area contributed by atoms with Gasteiger partial charge < -0.3 is 15.4 Å². The monoisotopic (exact) mass is 475 g/mol. The van der Waals surface area contributed by atoms with Gasteiger partial charge in [-0.2, -0.15) is 0 Å². The molecule has 4 rings (SSSR count). The van der Waals surface area contributed by atoms with Gasteiger partial charge in [0.2, 0.25) is 0 Å². The molecule has 1 aliphatic heterocycles. The third-order valence-corrected chi connectivity index (χ3v) is 6.85. The van der Waals surface area contributed by atoms with E-state index in [1.807, 2.05) is 6.92 Å². The molecule has 0 radical (unpaired) electrons. The summed E-state index contributed by atoms with van der Waals surface area (Å²) in [6.07, 6.45) is 0. The summed E-state index contributed by atoms with van der Waals surface area (Å²) in [6, 6.07) is 10.7. The van der Waals surface area contributed by atoms with E-state index in [1.165, 1.54) is 4.88 Å². The van der Waals surface area contributed by atoms with Crippen LogP contribution in [-0.4, -0.2) is 54.3 Å². The van der Waals surface area contributed by atoms with Crippen molar-refractivity contribution >= 4 is 49.7 Å². The van der Waals surface area contributed by atoms with E-state index in [1.54, 1.807) is 11.3 Å². The van der Waals surface area contributed by atoms with Crippen LogP contribution in [0.5, 0.6) is 0 Å². The molecule has 3 aromatic rings. The third-order valence-electron chi connectivity index (χ3n) is 5.04. The minimum absolute atomic E-state index is 0.168. The summed E-state index contributed by atoms with van der Waals surface area (Å²) in [7, 11) is 0. The molecule has 3 heterocycles. The predicted molar refractivity (Wildman–Crippen MR) is 124 cm³/mol. The number of halogens is 1. The standard InChI is InChI=1S/C21H26BrN5OS/c1-14(19-5-6-20(22)29-19)24-21-17-13-16(3-4-18(17)25-15(2)26-21)23-7-8-27-9-11-28-12-10-27/h3-6,13-14,23H,7-12H2,1-2H3,(H,24,25,26). The number of aryl methyl sites for hydroxylation is 1. The number of thiophene rings is 1. The SMILES string of the molecule is Cc1nc(NC(C)c2ccc(Br)s2)c2cc(NCCN3CCOCC3)ccc2n1. The third kappa shape index (κ3) is 5.25. The predicted octanol–water partition coefficient (Wildman–Crippen LogP) is 4.68. The summed E-state index contributed by atoms with van der Waals surface area (Å²) in [5.41, 5.74) is 2.05. The lowest BCUT2D eigenvalue weighted by Gasteiger charge is -2.26. The quantitative estimate of drug-likeness (QED) is 0.517. The van der Waals surface area contributed by atoms with Crippen molar-refractivity contribution in [1.29, 1.82) is 0 Å². The first kappa shape index (κ1) is 20.5. The highest BCUT2D eigenvalue weighted by Crippen LogP contribution is 2.31. The molecule has 29 heavy (non-hydrogen) atoms. The molecule has 0 aliphatic carbocycles. The average molecular weight is 476 g/mol. The number of aromatic nitrogens is 2. The normalized spacial score (nSPS) is 16.1. The second kappa shape index (κ2) is 9.38. The van der Waals surface area contributed by atoms with Gasteiger partial charge in [0.15, 0.2) is 0 Å². The molecule has 1 fully saturated rings. The highest BCUT2D eigenvalue weighted by molar-refractivity contribution is 9.11. The van der Waals surface area contributed by atoms with Crippen molar-refractivity contribution in [2.45, 2.75) is 19.9 Å². The van der Waals surface area contributed by atoms with Crippen LogP contribution in [0.3, 0.4) is 0 Å². The average Bonchev–Trinajstić information content (AvgIpc) is 3.15. The van der Waals surface area contributed by atoms with Crippen LogP contribution < -0.4 is 10.6 Å². The molecule has 2 N–H and O–H groups in total. The molecule has 154 valence electrons. The van der Waals surface area contributed by atoms with Gasteiger partial charge in [0.25, 0.3) is 0 Å². The number of anilines is 2. The van der Waals surface area contributed by atoms with Crippen LogP contribution in [0.4, 0.5) is 11.5 Å². The molecule has 6 nitrogen and oxygen atoms in total. The van der Waals surface area contributed by atoms with Gasteiger partial charge in [0.05, 0.1) is 28.6 Å². The van der Waals surface area contributed by atoms with Gasteiger partial charge in [-0.3, -0.25) is 4.90 Å². The van der Waals surface area contributed by atoms with E-state index in [4.69, 9.17) is 4.74 Å². The zero-order chi connectivity index (χ0) is 20.2. The molecular formula is C21H26BrN5OS. The lowest BCUT2D eigenvalue weighted by Crippen LogP contribution is -2.38. The lowest BCUT2D eigenvalue weighted by molar-refractivity contribution is 0.0398. The highest BCUT2D eigenvalue weighted by atomic mass is 79.9. The molecule has 0 saturated carbocycles. The van der Waals surface area contributed by atoms with E-state index in [2.05, 4.69) is 78.7 Å². The van der Waals surface area contributed by atoms with E-state index in [9.17, 15) is 0 Å². The van der Waals surface area contributed by atoms with E-state index < -0.39 is 0 Å². The first-order valence-corrected chi connectivity index (χ1v) is 11.5. The lowest BCUT2D eigenvalue weighted by atomic mass is 10.2. The van der Waals surface area contributed by atoms with Crippen LogP contribution in [0.15, 0.2) is 34.1 Å². The first-order chi connectivity index (χ1) is 14.1. The summed E-state index contributed by atoms with van der Waals surface area (Å²) in [5, 5.41) is 8.16. The molecule has 8 heteroatoms. The Morgan fingerprint density at radius 3 is 2.79 bits per heavy atom. The number of benzene rings is 1. The first-order valence-electron chi connectivity index (χ1n) is 9.92. The fourth-order valence-electron chi connectivity index (χ4n) is 3.48. The maximum absolute atomic E-state index is 5.42. The fourth-order valence-corrected chi connectivity index (χ4v) is 4.91. The van der Waals surface area contributed by atoms with E-state index in [-0.39, 0.29) is 6.04 Å². The van der Waals surface area contributed by atoms with Crippen molar-refractivity contribution in [3.8, 4) is 0 Å². The molecule has 0 bridgehead atoms. The number of ether oxygens (including phenoxy) is 1. The number of hydrogen-bond acceptors (Lipinski definition) is 7. The number of fused-ring (bicyclic) bond motifs is 1. The van der Waals surface area contributed by atoms with Crippen molar-refractivity contribution in [3.05, 3.63) is 44.8 Å². The van der Waals surface area contributed by atoms with Gasteiger partial charge >= 0.3 is 0 Å². The van der Waals surface area contributed by atoms with Crippen molar-refractivity contribution < 1.29 is 4.74 Å². The second-order valence-corrected chi connectivity index (χ2v) is 9.73. The second-order valence-electron chi connectivity index (χ2n) is 7.24. The minimum atomic E-state index is 0.168. The van der Waals surface area contributed by atoms with Crippen LogP contribution in [0, 0.1) is 6.92 Å². The molecule has 1 aromatic carbocycles. The highest BCUT2D eigenvalue weighted by Gasteiger charge is 2.13. The van der Waals surface area contributed by atoms with Crippen molar-refractivity contribution in [3.63, 3.8) is 0 Å². The Labute approximate surface area is 183 Å². The number of nitrogens with one attached hydrogen (secondary N) is 2. The van der Waals surface area contributed by atoms with Crippen molar-refractivity contribution in [2.75, 3.05) is 50.0 Å². The molecule has 1 saturated heterocycles. The van der Waals surface area contributed by atoms with Gasteiger partial charge in [-0.25, -0.2) is 9.97 Å². The van der Waals surface area contributed by atoms with E-state index in [0.717, 1.165) is 71.4 Å². The topological polar surface area (TPSA) is 62.3 Å². The smallest absolute Gasteiger partial charge is 0.138 e. The summed E-state index contributed by atoms with van der Waals surface area (Å²) >= 11 is 5.28. The zero-order valence-corrected chi connectivity index (χ0v) is 19.1. The van der Waals surface area contributed by atoms with Gasteiger partial charge in [0.1, 0.15) is 11.6 Å². The molecule has 1 aliphatic rings. The van der Waals surface area contributed by atoms with Gasteiger partial charge in [-0.05, 0) is 60.1 Å². The molecule has 1 atom stereocenters. The zero-order valence-electron chi connectivity index (χ0n) is 16.7. The number of nitrogens with zero attached hydrogens (tertiary/aromatic N) is 3. The van der Waals surface area contributed by atoms with E-state index in [0.29, 0.717) is 0 Å². The Kier molecular flexibility index (Phi) is 6.64. The minimum Gasteiger partial charge on any atom is -0.384 e. The van der Waals surface area contributed by atoms with Crippen LogP contribution in [0.2, 0.25) is 0 Å². The maximum atomic E-state index is 5.42. The number of rotatable bonds is 7. The largest absolute Gasteiger partial charge is 0.384 e. The molecule has 1 unspecified atom stereocenters. The summed E-state index contributed by atoms with van der Waals surface area (Å²) in [6.45, 7) is 9.70. The summed E-state index contributed by atoms with van der Waals surface area (Å²) in [5.74, 6) is 1.65. The van der Waals surface area contributed by atoms with Crippen LogP contribution in [0.1, 0.15) is 23.7 Å². The summed E-state index contributed by atoms with van der Waals surface area (Å²) < 4.78 is 6.55. The Bertz CT molecular complexity index is 973. The van der Waals surface area contributed by atoms with Gasteiger partial charge in [-0.1, -0.05) is 0 Å². The Hall–Kier alpha value is -1.74. The molecule has 2 aromatic heterocycles. The van der Waals surface area contributed by atoms with E-state index >= 15 is 0 Å². The van der Waals surface area contributed by atoms with Gasteiger partial charge in [-0.15, -0.1) is 11.3 Å². The summed E-state index contributed by atoms with van der Waals surface area (Å²) in [4.78, 5) is 13.0. The van der Waals surface area contributed by atoms with Gasteiger partial charge in [0, 0.05) is 42.1 Å². The Morgan fingerprint density at radius 2 is 2.03 bits per heavy atom. The van der Waals surface area contributed by atoms with Crippen molar-refractivity contribution in [2.24, 2.45) is 0 Å². The molecular weight excluding hydrogens is 450 g/mol.